The minimum atomic E-state index is -0.933. The zero-order chi connectivity index (χ0) is 13.6. The first-order valence-electron chi connectivity index (χ1n) is 5.80. The van der Waals surface area contributed by atoms with E-state index in [0.29, 0.717) is 13.0 Å². The Kier molecular flexibility index (Phi) is 5.03. The van der Waals surface area contributed by atoms with Crippen LogP contribution in [0, 0.1) is 0 Å². The molecule has 0 aromatic carbocycles. The molecule has 0 unspecified atom stereocenters. The van der Waals surface area contributed by atoms with Gasteiger partial charge in [-0.3, -0.25) is 0 Å². The van der Waals surface area contributed by atoms with E-state index >= 15 is 0 Å². The Hall–Kier alpha value is -1.69. The van der Waals surface area contributed by atoms with Gasteiger partial charge >= 0.3 is 11.7 Å². The predicted octanol–water partition coefficient (Wildman–Crippen LogP) is 0.671. The van der Waals surface area contributed by atoms with Crippen LogP contribution in [0.15, 0.2) is 17.2 Å². The van der Waals surface area contributed by atoms with Gasteiger partial charge in [0.15, 0.2) is 5.60 Å². The zero-order valence-corrected chi connectivity index (χ0v) is 10.9. The lowest BCUT2D eigenvalue weighted by atomic mass is 10.1. The van der Waals surface area contributed by atoms with Gasteiger partial charge in [-0.15, -0.1) is 0 Å². The number of nitrogens with one attached hydrogen (secondary N) is 1. The molecule has 0 aliphatic rings. The summed E-state index contributed by atoms with van der Waals surface area (Å²) in [5.74, 6) is -0.401. The van der Waals surface area contributed by atoms with Crippen molar-refractivity contribution in [2.45, 2.75) is 32.8 Å². The van der Waals surface area contributed by atoms with Gasteiger partial charge < -0.3 is 14.5 Å². The molecule has 0 atom stereocenters. The SMILES string of the molecule is CCOC(C)(C)C(=O)OCCc1cnc(=O)[nH]c1. The number of H-pyrrole nitrogens is 1. The molecule has 0 fully saturated rings. The Balaban J connectivity index is 2.40. The second-order valence-electron chi connectivity index (χ2n) is 4.26. The molecule has 0 radical (unpaired) electrons. The highest BCUT2D eigenvalue weighted by Crippen LogP contribution is 2.11. The maximum absolute atomic E-state index is 11.7. The third kappa shape index (κ3) is 4.29. The molecule has 0 saturated carbocycles. The second-order valence-corrected chi connectivity index (χ2v) is 4.26. The molecule has 1 N–H and O–H groups in total. The first-order chi connectivity index (χ1) is 8.45. The van der Waals surface area contributed by atoms with E-state index in [1.165, 1.54) is 6.20 Å². The number of nitrogens with zero attached hydrogens (tertiary/aromatic N) is 1. The lowest BCUT2D eigenvalue weighted by Crippen LogP contribution is -2.37. The molecular weight excluding hydrogens is 236 g/mol. The Morgan fingerprint density at radius 3 is 2.78 bits per heavy atom. The Bertz CT molecular complexity index is 433. The lowest BCUT2D eigenvalue weighted by Gasteiger charge is -2.22. The number of aromatic amines is 1. The van der Waals surface area contributed by atoms with Crippen molar-refractivity contribution in [1.82, 2.24) is 9.97 Å². The van der Waals surface area contributed by atoms with Crippen LogP contribution in [0.4, 0.5) is 0 Å². The Labute approximate surface area is 105 Å². The minimum Gasteiger partial charge on any atom is -0.463 e. The molecule has 6 heteroatoms. The molecule has 0 saturated heterocycles. The normalized spacial score (nSPS) is 11.3. The number of ether oxygens (including phenoxy) is 2. The average Bonchev–Trinajstić information content (AvgIpc) is 2.31. The van der Waals surface area contributed by atoms with E-state index in [0.717, 1.165) is 5.56 Å². The number of rotatable bonds is 6. The highest BCUT2D eigenvalue weighted by molar-refractivity contribution is 5.78. The van der Waals surface area contributed by atoms with Crippen LogP contribution in [0.1, 0.15) is 26.3 Å². The largest absolute Gasteiger partial charge is 0.463 e. The summed E-state index contributed by atoms with van der Waals surface area (Å²) >= 11 is 0. The van der Waals surface area contributed by atoms with E-state index < -0.39 is 17.3 Å². The molecule has 6 nitrogen and oxygen atoms in total. The third-order valence-corrected chi connectivity index (χ3v) is 2.35. The molecule has 100 valence electrons. The van der Waals surface area contributed by atoms with Crippen molar-refractivity contribution in [3.8, 4) is 0 Å². The molecule has 0 aliphatic carbocycles. The lowest BCUT2D eigenvalue weighted by molar-refractivity contribution is -0.167. The van der Waals surface area contributed by atoms with E-state index in [4.69, 9.17) is 9.47 Å². The number of hydrogen-bond acceptors (Lipinski definition) is 5. The Morgan fingerprint density at radius 2 is 2.22 bits per heavy atom. The molecule has 1 heterocycles. The van der Waals surface area contributed by atoms with Gasteiger partial charge in [-0.2, -0.15) is 0 Å². The Morgan fingerprint density at radius 1 is 1.50 bits per heavy atom. The third-order valence-electron chi connectivity index (χ3n) is 2.35. The molecular formula is C12H18N2O4. The van der Waals surface area contributed by atoms with Crippen LogP contribution >= 0.6 is 0 Å². The summed E-state index contributed by atoms with van der Waals surface area (Å²) in [5.41, 5.74) is -0.525. The highest BCUT2D eigenvalue weighted by Gasteiger charge is 2.29. The van der Waals surface area contributed by atoms with Crippen molar-refractivity contribution in [2.75, 3.05) is 13.2 Å². The number of aromatic nitrogens is 2. The maximum Gasteiger partial charge on any atom is 0.344 e. The summed E-state index contributed by atoms with van der Waals surface area (Å²) in [4.78, 5) is 28.5. The molecule has 1 aromatic heterocycles. The number of carbonyl (C=O) groups excluding carboxylic acids is 1. The van der Waals surface area contributed by atoms with Crippen LogP contribution in [0.2, 0.25) is 0 Å². The van der Waals surface area contributed by atoms with Gasteiger partial charge in [0, 0.05) is 25.4 Å². The molecule has 0 aliphatic heterocycles. The average molecular weight is 254 g/mol. The van der Waals surface area contributed by atoms with Gasteiger partial charge in [0.2, 0.25) is 0 Å². The summed E-state index contributed by atoms with van der Waals surface area (Å²) in [5, 5.41) is 0. The first kappa shape index (κ1) is 14.4. The van der Waals surface area contributed by atoms with Crippen LogP contribution in [0.3, 0.4) is 0 Å². The van der Waals surface area contributed by atoms with Crippen LogP contribution in [-0.2, 0) is 20.7 Å². The summed E-state index contributed by atoms with van der Waals surface area (Å²) in [6.45, 7) is 5.83. The van der Waals surface area contributed by atoms with Gasteiger partial charge in [-0.1, -0.05) is 0 Å². The van der Waals surface area contributed by atoms with Crippen molar-refractivity contribution in [1.29, 1.82) is 0 Å². The smallest absolute Gasteiger partial charge is 0.344 e. The van der Waals surface area contributed by atoms with Gasteiger partial charge in [0.25, 0.3) is 0 Å². The molecule has 0 bridgehead atoms. The maximum atomic E-state index is 11.7. The second kappa shape index (κ2) is 6.30. The van der Waals surface area contributed by atoms with E-state index in [1.54, 1.807) is 20.0 Å². The summed E-state index contributed by atoms with van der Waals surface area (Å²) in [7, 11) is 0. The number of esters is 1. The zero-order valence-electron chi connectivity index (χ0n) is 10.9. The first-order valence-corrected chi connectivity index (χ1v) is 5.80. The van der Waals surface area contributed by atoms with Crippen LogP contribution in [0.5, 0.6) is 0 Å². The van der Waals surface area contributed by atoms with Gasteiger partial charge in [0.1, 0.15) is 0 Å². The van der Waals surface area contributed by atoms with Crippen LogP contribution < -0.4 is 5.69 Å². The van der Waals surface area contributed by atoms with E-state index in [1.807, 2.05) is 6.92 Å². The predicted molar refractivity (Wildman–Crippen MR) is 65.2 cm³/mol. The standard InChI is InChI=1S/C12H18N2O4/c1-4-18-12(2,3)10(15)17-6-5-9-7-13-11(16)14-8-9/h7-8H,4-6H2,1-3H3,(H,13,14,16). The quantitative estimate of drug-likeness (QED) is 0.755. The number of hydrogen-bond donors (Lipinski definition) is 1. The fraction of sp³-hybridized carbons (Fsp3) is 0.583. The fourth-order valence-corrected chi connectivity index (χ4v) is 1.36. The van der Waals surface area contributed by atoms with Crippen molar-refractivity contribution < 1.29 is 14.3 Å². The summed E-state index contributed by atoms with van der Waals surface area (Å²) in [6.07, 6.45) is 3.51. The van der Waals surface area contributed by atoms with E-state index in [9.17, 15) is 9.59 Å². The van der Waals surface area contributed by atoms with Crippen molar-refractivity contribution in [2.24, 2.45) is 0 Å². The monoisotopic (exact) mass is 254 g/mol. The van der Waals surface area contributed by atoms with Gasteiger partial charge in [-0.25, -0.2) is 14.6 Å². The van der Waals surface area contributed by atoms with E-state index in [-0.39, 0.29) is 6.61 Å². The fourth-order valence-electron chi connectivity index (χ4n) is 1.36. The van der Waals surface area contributed by atoms with Crippen molar-refractivity contribution >= 4 is 5.97 Å². The topological polar surface area (TPSA) is 81.3 Å². The molecule has 1 rings (SSSR count). The van der Waals surface area contributed by atoms with Crippen molar-refractivity contribution in [3.05, 3.63) is 28.4 Å². The highest BCUT2D eigenvalue weighted by atomic mass is 16.6. The molecule has 0 amide bonds. The molecule has 0 spiro atoms. The van der Waals surface area contributed by atoms with E-state index in [2.05, 4.69) is 9.97 Å². The van der Waals surface area contributed by atoms with Crippen LogP contribution in [-0.4, -0.2) is 34.8 Å². The minimum absolute atomic E-state index is 0.225. The number of carbonyl (C=O) groups is 1. The summed E-state index contributed by atoms with van der Waals surface area (Å²) < 4.78 is 10.4. The molecule has 1 aromatic rings. The van der Waals surface area contributed by atoms with Crippen molar-refractivity contribution in [3.63, 3.8) is 0 Å². The van der Waals surface area contributed by atoms with Crippen LogP contribution in [0.25, 0.3) is 0 Å². The summed E-state index contributed by atoms with van der Waals surface area (Å²) in [6, 6.07) is 0. The molecule has 18 heavy (non-hydrogen) atoms. The van der Waals surface area contributed by atoms with Gasteiger partial charge in [0.05, 0.1) is 6.61 Å². The van der Waals surface area contributed by atoms with Gasteiger partial charge in [-0.05, 0) is 26.3 Å².